The molecule has 30 heavy (non-hydrogen) atoms. The van der Waals surface area contributed by atoms with Crippen LogP contribution < -0.4 is 10.6 Å². The van der Waals surface area contributed by atoms with Gasteiger partial charge in [-0.1, -0.05) is 29.5 Å². The number of sulfone groups is 1. The van der Waals surface area contributed by atoms with E-state index in [1.165, 1.54) is 17.5 Å². The van der Waals surface area contributed by atoms with Gasteiger partial charge in [-0.2, -0.15) is 0 Å². The molecule has 2 aromatic heterocycles. The van der Waals surface area contributed by atoms with Crippen LogP contribution in [-0.4, -0.2) is 36.5 Å². The first-order valence-electron chi connectivity index (χ1n) is 8.53. The number of thiazole rings is 2. The van der Waals surface area contributed by atoms with Gasteiger partial charge in [0.1, 0.15) is 5.69 Å². The van der Waals surface area contributed by atoms with Gasteiger partial charge in [0.2, 0.25) is 0 Å². The van der Waals surface area contributed by atoms with Gasteiger partial charge in [0.25, 0.3) is 11.8 Å². The predicted octanol–water partition coefficient (Wildman–Crippen LogP) is 3.66. The third kappa shape index (κ3) is 4.37. The molecule has 11 heteroatoms. The molecular weight excluding hydrogens is 444 g/mol. The minimum Gasteiger partial charge on any atom is -0.298 e. The van der Waals surface area contributed by atoms with Gasteiger partial charge in [0, 0.05) is 17.2 Å². The number of carbonyl (C=O) groups is 2. The standard InChI is InChI=1S/C19H14N4O4S3/c1-30(26,27)12-7-8-13-15(9-12)29-19(20-13)23-17(25)14-10-28-18(21-14)22-16(24)11-5-3-2-4-6-11/h2-10H,1H3,(H,20,23,25)(H,21,22,24). The molecule has 2 heterocycles. The fraction of sp³-hybridized carbons (Fsp3) is 0.0526. The van der Waals surface area contributed by atoms with E-state index in [2.05, 4.69) is 20.6 Å². The van der Waals surface area contributed by atoms with Gasteiger partial charge in [0.05, 0.1) is 15.1 Å². The lowest BCUT2D eigenvalue weighted by molar-refractivity contribution is 0.101. The number of nitrogens with zero attached hydrogens (tertiary/aromatic N) is 2. The Morgan fingerprint density at radius 1 is 0.933 bits per heavy atom. The molecule has 2 aromatic carbocycles. The van der Waals surface area contributed by atoms with Crippen LogP contribution in [0.15, 0.2) is 58.8 Å². The highest BCUT2D eigenvalue weighted by Crippen LogP contribution is 2.28. The highest BCUT2D eigenvalue weighted by atomic mass is 32.2. The average Bonchev–Trinajstić information content (AvgIpc) is 3.33. The first-order valence-corrected chi connectivity index (χ1v) is 12.1. The van der Waals surface area contributed by atoms with E-state index in [4.69, 9.17) is 0 Å². The van der Waals surface area contributed by atoms with Crippen LogP contribution in [0.2, 0.25) is 0 Å². The molecular formula is C19H14N4O4S3. The van der Waals surface area contributed by atoms with E-state index in [0.29, 0.717) is 26.0 Å². The van der Waals surface area contributed by atoms with Gasteiger partial charge < -0.3 is 0 Å². The number of carbonyl (C=O) groups excluding carboxylic acids is 2. The Morgan fingerprint density at radius 2 is 1.67 bits per heavy atom. The smallest absolute Gasteiger partial charge is 0.276 e. The molecule has 0 spiro atoms. The topological polar surface area (TPSA) is 118 Å². The van der Waals surface area contributed by atoms with Gasteiger partial charge in [-0.3, -0.25) is 20.2 Å². The van der Waals surface area contributed by atoms with E-state index in [1.807, 2.05) is 6.07 Å². The Bertz CT molecular complexity index is 1360. The van der Waals surface area contributed by atoms with Crippen LogP contribution in [0.5, 0.6) is 0 Å². The third-order valence-corrected chi connectivity index (χ3v) is 6.80. The summed E-state index contributed by atoms with van der Waals surface area (Å²) in [4.78, 5) is 33.3. The summed E-state index contributed by atoms with van der Waals surface area (Å²) in [5.74, 6) is -0.793. The van der Waals surface area contributed by atoms with Crippen molar-refractivity contribution in [2.24, 2.45) is 0 Å². The second kappa shape index (κ2) is 7.94. The third-order valence-electron chi connectivity index (χ3n) is 4.00. The number of hydrogen-bond acceptors (Lipinski definition) is 8. The van der Waals surface area contributed by atoms with E-state index in [-0.39, 0.29) is 16.5 Å². The van der Waals surface area contributed by atoms with E-state index in [0.717, 1.165) is 28.9 Å². The fourth-order valence-corrected chi connectivity index (χ4v) is 4.85. The summed E-state index contributed by atoms with van der Waals surface area (Å²) < 4.78 is 24.0. The Morgan fingerprint density at radius 3 is 2.40 bits per heavy atom. The van der Waals surface area contributed by atoms with Crippen LogP contribution in [0.4, 0.5) is 10.3 Å². The maximum Gasteiger partial charge on any atom is 0.276 e. The normalized spacial score (nSPS) is 11.4. The maximum atomic E-state index is 12.5. The fourth-order valence-electron chi connectivity index (χ4n) is 2.54. The minimum absolute atomic E-state index is 0.138. The number of anilines is 2. The van der Waals surface area contributed by atoms with Crippen molar-refractivity contribution in [2.45, 2.75) is 4.90 Å². The summed E-state index contributed by atoms with van der Waals surface area (Å²) in [6.07, 6.45) is 1.13. The molecule has 0 aliphatic heterocycles. The van der Waals surface area contributed by atoms with Crippen molar-refractivity contribution in [1.82, 2.24) is 9.97 Å². The molecule has 152 valence electrons. The molecule has 2 N–H and O–H groups in total. The first-order chi connectivity index (χ1) is 14.3. The van der Waals surface area contributed by atoms with Crippen molar-refractivity contribution in [1.29, 1.82) is 0 Å². The minimum atomic E-state index is -3.33. The van der Waals surface area contributed by atoms with Crippen molar-refractivity contribution < 1.29 is 18.0 Å². The summed E-state index contributed by atoms with van der Waals surface area (Å²) in [7, 11) is -3.33. The number of amides is 2. The van der Waals surface area contributed by atoms with E-state index in [1.54, 1.807) is 30.3 Å². The van der Waals surface area contributed by atoms with Crippen LogP contribution in [0.1, 0.15) is 20.8 Å². The van der Waals surface area contributed by atoms with Gasteiger partial charge in [-0.25, -0.2) is 18.4 Å². The lowest BCUT2D eigenvalue weighted by Gasteiger charge is -2.01. The zero-order valence-corrected chi connectivity index (χ0v) is 17.9. The summed E-state index contributed by atoms with van der Waals surface area (Å²) >= 11 is 2.30. The zero-order valence-electron chi connectivity index (χ0n) is 15.4. The highest BCUT2D eigenvalue weighted by molar-refractivity contribution is 7.90. The molecule has 2 amide bonds. The molecule has 0 saturated carbocycles. The number of nitrogens with one attached hydrogen (secondary N) is 2. The van der Waals surface area contributed by atoms with Crippen molar-refractivity contribution >= 4 is 64.8 Å². The molecule has 0 atom stereocenters. The summed E-state index contributed by atoms with van der Waals surface area (Å²) in [6, 6.07) is 13.3. The number of hydrogen-bond donors (Lipinski definition) is 2. The van der Waals surface area contributed by atoms with Crippen molar-refractivity contribution in [3.63, 3.8) is 0 Å². The number of benzene rings is 2. The lowest BCUT2D eigenvalue weighted by Crippen LogP contribution is -2.14. The van der Waals surface area contributed by atoms with Gasteiger partial charge in [-0.05, 0) is 30.3 Å². The first kappa shape index (κ1) is 20.1. The van der Waals surface area contributed by atoms with Crippen LogP contribution in [0.25, 0.3) is 10.2 Å². The molecule has 4 rings (SSSR count). The molecule has 0 radical (unpaired) electrons. The molecule has 0 fully saturated rings. The molecule has 0 bridgehead atoms. The maximum absolute atomic E-state index is 12.5. The molecule has 0 saturated heterocycles. The average molecular weight is 459 g/mol. The van der Waals surface area contributed by atoms with Crippen LogP contribution in [0, 0.1) is 0 Å². The molecule has 0 unspecified atom stereocenters. The van der Waals surface area contributed by atoms with Crippen molar-refractivity contribution in [3.8, 4) is 0 Å². The second-order valence-electron chi connectivity index (χ2n) is 6.23. The molecule has 0 aliphatic rings. The molecule has 8 nitrogen and oxygen atoms in total. The Balaban J connectivity index is 1.47. The number of fused-ring (bicyclic) bond motifs is 1. The summed E-state index contributed by atoms with van der Waals surface area (Å²) in [5, 5.41) is 7.47. The lowest BCUT2D eigenvalue weighted by atomic mass is 10.2. The van der Waals surface area contributed by atoms with Gasteiger partial charge in [-0.15, -0.1) is 11.3 Å². The van der Waals surface area contributed by atoms with Gasteiger partial charge in [0.15, 0.2) is 20.1 Å². The van der Waals surface area contributed by atoms with Crippen LogP contribution in [0.3, 0.4) is 0 Å². The van der Waals surface area contributed by atoms with E-state index in [9.17, 15) is 18.0 Å². The molecule has 4 aromatic rings. The van der Waals surface area contributed by atoms with E-state index >= 15 is 0 Å². The van der Waals surface area contributed by atoms with Crippen molar-refractivity contribution in [2.75, 3.05) is 16.9 Å². The Kier molecular flexibility index (Phi) is 5.33. The summed E-state index contributed by atoms with van der Waals surface area (Å²) in [5.41, 5.74) is 1.21. The number of aromatic nitrogens is 2. The van der Waals surface area contributed by atoms with E-state index < -0.39 is 15.7 Å². The second-order valence-corrected chi connectivity index (χ2v) is 10.1. The predicted molar refractivity (Wildman–Crippen MR) is 117 cm³/mol. The van der Waals surface area contributed by atoms with Crippen LogP contribution >= 0.6 is 22.7 Å². The SMILES string of the molecule is CS(=O)(=O)c1ccc2nc(NC(=O)c3csc(NC(=O)c4ccccc4)n3)sc2c1. The Labute approximate surface area is 179 Å². The van der Waals surface area contributed by atoms with Gasteiger partial charge >= 0.3 is 0 Å². The monoisotopic (exact) mass is 458 g/mol. The quantitative estimate of drug-likeness (QED) is 0.471. The number of rotatable bonds is 5. The zero-order chi connectivity index (χ0) is 21.3. The summed E-state index contributed by atoms with van der Waals surface area (Å²) in [6.45, 7) is 0. The largest absolute Gasteiger partial charge is 0.298 e. The Hall–Kier alpha value is -3.15. The molecule has 0 aliphatic carbocycles. The van der Waals surface area contributed by atoms with Crippen molar-refractivity contribution in [3.05, 3.63) is 65.2 Å². The van der Waals surface area contributed by atoms with Crippen LogP contribution in [-0.2, 0) is 9.84 Å². The highest BCUT2D eigenvalue weighted by Gasteiger charge is 2.16.